The number of carboxylic acids is 1. The maximum absolute atomic E-state index is 14.5. The number of benzene rings is 1. The summed E-state index contributed by atoms with van der Waals surface area (Å²) in [6.45, 7) is 6.48. The van der Waals surface area contributed by atoms with Gasteiger partial charge in [0.15, 0.2) is 0 Å². The molecule has 0 amide bonds. The number of aliphatic carboxylic acids is 1. The number of nitrogens with zero attached hydrogens (tertiary/aromatic N) is 2. The molecular weight excluding hydrogens is 501 g/mol. The molecule has 0 unspecified atom stereocenters. The highest BCUT2D eigenvalue weighted by Crippen LogP contribution is 2.36. The summed E-state index contributed by atoms with van der Waals surface area (Å²) in [5.41, 5.74) is 3.20. The standard InChI is InChI=1S/C30H42FN3O5/c1-19(2)23-16-24(27(38-4)17-25(23)31)28(30(35)36)34-13-11-21(18-34)39-14-7-5-6-9-20-15-26(37-3)22-10-8-12-32-29(22)33-20/h15-17,19,21,28H,5-14,18H2,1-4H3,(H,32,33)(H,35,36)/t21-,28+/m1/s1. The van der Waals surface area contributed by atoms with Crippen LogP contribution in [0.3, 0.4) is 0 Å². The summed E-state index contributed by atoms with van der Waals surface area (Å²) in [5, 5.41) is 13.5. The Balaban J connectivity index is 1.26. The number of aryl methyl sites for hydroxylation is 1. The van der Waals surface area contributed by atoms with Gasteiger partial charge in [-0.3, -0.25) is 9.69 Å². The average Bonchev–Trinajstić information content (AvgIpc) is 3.38. The van der Waals surface area contributed by atoms with Crippen molar-refractivity contribution in [2.45, 2.75) is 76.9 Å². The molecular formula is C30H42FN3O5. The van der Waals surface area contributed by atoms with Gasteiger partial charge in [0.2, 0.25) is 0 Å². The maximum atomic E-state index is 14.5. The van der Waals surface area contributed by atoms with Gasteiger partial charge in [-0.15, -0.1) is 0 Å². The molecule has 1 aromatic heterocycles. The number of hydrogen-bond donors (Lipinski definition) is 2. The highest BCUT2D eigenvalue weighted by atomic mass is 19.1. The van der Waals surface area contributed by atoms with E-state index in [4.69, 9.17) is 19.2 Å². The number of unbranched alkanes of at least 4 members (excludes halogenated alkanes) is 2. The summed E-state index contributed by atoms with van der Waals surface area (Å²) < 4.78 is 31.6. The third-order valence-electron chi connectivity index (χ3n) is 7.72. The van der Waals surface area contributed by atoms with Gasteiger partial charge in [-0.25, -0.2) is 9.37 Å². The molecule has 39 heavy (non-hydrogen) atoms. The molecule has 9 heteroatoms. The van der Waals surface area contributed by atoms with Crippen molar-refractivity contribution < 1.29 is 28.5 Å². The minimum Gasteiger partial charge on any atom is -0.496 e. The minimum atomic E-state index is -0.974. The fourth-order valence-electron chi connectivity index (χ4n) is 5.64. The molecule has 1 saturated heterocycles. The topological polar surface area (TPSA) is 93.2 Å². The third kappa shape index (κ3) is 7.00. The van der Waals surface area contributed by atoms with Crippen LogP contribution in [0.5, 0.6) is 11.5 Å². The smallest absolute Gasteiger partial charge is 0.325 e. The molecule has 1 fully saturated rings. The third-order valence-corrected chi connectivity index (χ3v) is 7.72. The van der Waals surface area contributed by atoms with Crippen LogP contribution >= 0.6 is 0 Å². The number of methoxy groups -OCH3 is 2. The number of likely N-dealkylation sites (tertiary alicyclic amines) is 1. The summed E-state index contributed by atoms with van der Waals surface area (Å²) >= 11 is 0. The second kappa shape index (κ2) is 13.4. The number of hydrogen-bond acceptors (Lipinski definition) is 7. The molecule has 0 bridgehead atoms. The van der Waals surface area contributed by atoms with Crippen molar-refractivity contribution in [2.75, 3.05) is 45.8 Å². The summed E-state index contributed by atoms with van der Waals surface area (Å²) in [5.74, 6) is 0.724. The molecule has 2 aliphatic rings. The Labute approximate surface area is 230 Å². The van der Waals surface area contributed by atoms with Gasteiger partial charge in [-0.1, -0.05) is 20.3 Å². The van der Waals surface area contributed by atoms with Gasteiger partial charge >= 0.3 is 5.97 Å². The maximum Gasteiger partial charge on any atom is 0.325 e. The van der Waals surface area contributed by atoms with E-state index < -0.39 is 12.0 Å². The molecule has 8 nitrogen and oxygen atoms in total. The molecule has 0 radical (unpaired) electrons. The van der Waals surface area contributed by atoms with E-state index in [1.54, 1.807) is 13.2 Å². The second-order valence-corrected chi connectivity index (χ2v) is 10.8. The SMILES string of the molecule is COc1cc(F)c(C(C)C)cc1[C@@H](C(=O)O)N1CC[C@@H](OCCCCCc2cc(OC)c3c(n2)NCCC3)C1. The first-order valence-corrected chi connectivity index (χ1v) is 14.1. The Kier molecular flexibility index (Phi) is 10.0. The molecule has 4 rings (SSSR count). The van der Waals surface area contributed by atoms with E-state index >= 15 is 0 Å². The van der Waals surface area contributed by atoms with Gasteiger partial charge in [0.25, 0.3) is 0 Å². The van der Waals surface area contributed by atoms with E-state index in [0.29, 0.717) is 30.8 Å². The van der Waals surface area contributed by atoms with Crippen LogP contribution in [0.2, 0.25) is 0 Å². The monoisotopic (exact) mass is 543 g/mol. The molecule has 214 valence electrons. The lowest BCUT2D eigenvalue weighted by Crippen LogP contribution is -2.34. The molecule has 2 atom stereocenters. The van der Waals surface area contributed by atoms with Gasteiger partial charge in [0.05, 0.1) is 20.3 Å². The fraction of sp³-hybridized carbons (Fsp3) is 0.600. The fourth-order valence-corrected chi connectivity index (χ4v) is 5.64. The molecule has 2 aromatic rings. The normalized spacial score (nSPS) is 18.1. The predicted molar refractivity (Wildman–Crippen MR) is 149 cm³/mol. The number of ether oxygens (including phenoxy) is 3. The lowest BCUT2D eigenvalue weighted by molar-refractivity contribution is -0.143. The quantitative estimate of drug-likeness (QED) is 0.327. The zero-order valence-electron chi connectivity index (χ0n) is 23.6. The summed E-state index contributed by atoms with van der Waals surface area (Å²) in [6.07, 6.45) is 6.68. The van der Waals surface area contributed by atoms with E-state index in [-0.39, 0.29) is 23.6 Å². The number of rotatable bonds is 13. The molecule has 3 heterocycles. The van der Waals surface area contributed by atoms with E-state index in [2.05, 4.69) is 11.4 Å². The first-order chi connectivity index (χ1) is 18.8. The van der Waals surface area contributed by atoms with Crippen LogP contribution in [0.15, 0.2) is 18.2 Å². The number of nitrogens with one attached hydrogen (secondary N) is 1. The second-order valence-electron chi connectivity index (χ2n) is 10.8. The number of pyridine rings is 1. The summed E-state index contributed by atoms with van der Waals surface area (Å²) in [6, 6.07) is 4.10. The zero-order valence-corrected chi connectivity index (χ0v) is 23.6. The van der Waals surface area contributed by atoms with E-state index in [1.807, 2.05) is 18.7 Å². The van der Waals surface area contributed by atoms with Crippen molar-refractivity contribution in [3.63, 3.8) is 0 Å². The van der Waals surface area contributed by atoms with Crippen LogP contribution in [-0.2, 0) is 22.4 Å². The average molecular weight is 544 g/mol. The molecule has 2 aliphatic heterocycles. The van der Waals surface area contributed by atoms with Crippen LogP contribution in [-0.4, -0.2) is 67.5 Å². The van der Waals surface area contributed by atoms with Gasteiger partial charge in [0, 0.05) is 55.2 Å². The number of carbonyl (C=O) groups is 1. The predicted octanol–water partition coefficient (Wildman–Crippen LogP) is 5.35. The van der Waals surface area contributed by atoms with Gasteiger partial charge in [-0.05, 0) is 56.1 Å². The zero-order chi connectivity index (χ0) is 27.9. The molecule has 0 spiro atoms. The number of aromatic nitrogens is 1. The van der Waals surface area contributed by atoms with Crippen molar-refractivity contribution in [2.24, 2.45) is 0 Å². The lowest BCUT2D eigenvalue weighted by atomic mass is 9.95. The highest BCUT2D eigenvalue weighted by molar-refractivity contribution is 5.77. The van der Waals surface area contributed by atoms with Gasteiger partial charge < -0.3 is 24.6 Å². The molecule has 0 aliphatic carbocycles. The number of fused-ring (bicyclic) bond motifs is 1. The van der Waals surface area contributed by atoms with E-state index in [1.165, 1.54) is 18.7 Å². The Morgan fingerprint density at radius 2 is 1.95 bits per heavy atom. The first kappa shape index (κ1) is 29.1. The summed E-state index contributed by atoms with van der Waals surface area (Å²) in [4.78, 5) is 19.0. The van der Waals surface area contributed by atoms with Crippen molar-refractivity contribution in [1.82, 2.24) is 9.88 Å². The minimum absolute atomic E-state index is 0.0273. The van der Waals surface area contributed by atoms with Crippen molar-refractivity contribution in [3.8, 4) is 11.5 Å². The largest absolute Gasteiger partial charge is 0.496 e. The Hall–Kier alpha value is -2.91. The van der Waals surface area contributed by atoms with Crippen molar-refractivity contribution in [3.05, 3.63) is 46.4 Å². The Morgan fingerprint density at radius 3 is 2.67 bits per heavy atom. The number of carboxylic acid groups (broad SMARTS) is 1. The highest BCUT2D eigenvalue weighted by Gasteiger charge is 2.36. The summed E-state index contributed by atoms with van der Waals surface area (Å²) in [7, 11) is 3.16. The lowest BCUT2D eigenvalue weighted by Gasteiger charge is -2.27. The Bertz CT molecular complexity index is 1120. The van der Waals surface area contributed by atoms with Crippen molar-refractivity contribution in [1.29, 1.82) is 0 Å². The van der Waals surface area contributed by atoms with Crippen LogP contribution in [0.1, 0.15) is 80.3 Å². The van der Waals surface area contributed by atoms with Crippen LogP contribution in [0.25, 0.3) is 0 Å². The first-order valence-electron chi connectivity index (χ1n) is 14.1. The van der Waals surface area contributed by atoms with E-state index in [0.717, 1.165) is 68.8 Å². The van der Waals surface area contributed by atoms with E-state index in [9.17, 15) is 14.3 Å². The Morgan fingerprint density at radius 1 is 1.15 bits per heavy atom. The van der Waals surface area contributed by atoms with Crippen LogP contribution in [0, 0.1) is 5.82 Å². The van der Waals surface area contributed by atoms with Crippen molar-refractivity contribution >= 4 is 11.8 Å². The molecule has 1 aromatic carbocycles. The molecule has 2 N–H and O–H groups in total. The molecule has 0 saturated carbocycles. The van der Waals surface area contributed by atoms with Crippen LogP contribution in [0.4, 0.5) is 10.2 Å². The van der Waals surface area contributed by atoms with Crippen LogP contribution < -0.4 is 14.8 Å². The van der Waals surface area contributed by atoms with Gasteiger partial charge in [-0.2, -0.15) is 0 Å². The number of anilines is 1. The van der Waals surface area contributed by atoms with Gasteiger partial charge in [0.1, 0.15) is 29.2 Å². The number of halogens is 1.